The van der Waals surface area contributed by atoms with Gasteiger partial charge < -0.3 is 14.2 Å². The van der Waals surface area contributed by atoms with E-state index in [1.165, 1.54) is 44.2 Å². The van der Waals surface area contributed by atoms with Gasteiger partial charge in [0.1, 0.15) is 0 Å². The Hall–Kier alpha value is -5.28. The average Bonchev–Trinajstić information content (AvgIpc) is 3.37. The SMILES string of the molecule is CC1(C)c2ccccc2-n2c3ccc(-c4ccc5c(c4)N(c4ccccc4)c4ccccc4O5)cc3c3cccc1c32. The van der Waals surface area contributed by atoms with Crippen molar-refractivity contribution < 1.29 is 4.74 Å². The monoisotopic (exact) mass is 540 g/mol. The van der Waals surface area contributed by atoms with Gasteiger partial charge in [0.05, 0.1) is 28.1 Å². The van der Waals surface area contributed by atoms with Gasteiger partial charge >= 0.3 is 0 Å². The van der Waals surface area contributed by atoms with E-state index in [0.717, 1.165) is 34.1 Å². The molecule has 9 rings (SSSR count). The fourth-order valence-electron chi connectivity index (χ4n) is 7.13. The second-order valence-electron chi connectivity index (χ2n) is 11.8. The van der Waals surface area contributed by atoms with Crippen molar-refractivity contribution in [3.05, 3.63) is 145 Å². The van der Waals surface area contributed by atoms with E-state index in [4.69, 9.17) is 4.74 Å². The molecule has 2 aliphatic heterocycles. The van der Waals surface area contributed by atoms with Gasteiger partial charge in [0.25, 0.3) is 0 Å². The highest BCUT2D eigenvalue weighted by molar-refractivity contribution is 6.12. The predicted molar refractivity (Wildman–Crippen MR) is 173 cm³/mol. The summed E-state index contributed by atoms with van der Waals surface area (Å²) in [5, 5.41) is 2.57. The van der Waals surface area contributed by atoms with Gasteiger partial charge in [-0.3, -0.25) is 0 Å². The van der Waals surface area contributed by atoms with Gasteiger partial charge in [0, 0.05) is 21.9 Å². The molecule has 0 saturated heterocycles. The number of fused-ring (bicyclic) bond motifs is 7. The lowest BCUT2D eigenvalue weighted by atomic mass is 9.75. The van der Waals surface area contributed by atoms with Crippen molar-refractivity contribution >= 4 is 38.9 Å². The third-order valence-electron chi connectivity index (χ3n) is 9.15. The van der Waals surface area contributed by atoms with Crippen molar-refractivity contribution in [1.82, 2.24) is 4.57 Å². The summed E-state index contributed by atoms with van der Waals surface area (Å²) in [6, 6.07) is 47.9. The van der Waals surface area contributed by atoms with E-state index in [0.29, 0.717) is 0 Å². The maximum Gasteiger partial charge on any atom is 0.151 e. The highest BCUT2D eigenvalue weighted by Crippen LogP contribution is 2.52. The van der Waals surface area contributed by atoms with E-state index in [1.807, 2.05) is 12.1 Å². The summed E-state index contributed by atoms with van der Waals surface area (Å²) in [7, 11) is 0. The number of anilines is 3. The second kappa shape index (κ2) is 8.37. The zero-order valence-electron chi connectivity index (χ0n) is 23.5. The van der Waals surface area contributed by atoms with Crippen LogP contribution >= 0.6 is 0 Å². The van der Waals surface area contributed by atoms with Crippen LogP contribution < -0.4 is 9.64 Å². The molecule has 0 saturated carbocycles. The summed E-state index contributed by atoms with van der Waals surface area (Å²) < 4.78 is 8.87. The number of hydrogen-bond acceptors (Lipinski definition) is 2. The van der Waals surface area contributed by atoms with Gasteiger partial charge in [-0.2, -0.15) is 0 Å². The van der Waals surface area contributed by atoms with Crippen LogP contribution in [0, 0.1) is 0 Å². The minimum absolute atomic E-state index is 0.0704. The first kappa shape index (κ1) is 23.4. The third-order valence-corrected chi connectivity index (χ3v) is 9.15. The van der Waals surface area contributed by atoms with Gasteiger partial charge in [0.2, 0.25) is 0 Å². The molecule has 7 aromatic rings. The Kier molecular flexibility index (Phi) is 4.67. The van der Waals surface area contributed by atoms with E-state index >= 15 is 0 Å². The lowest BCUT2D eigenvalue weighted by Crippen LogP contribution is -2.26. The zero-order valence-corrected chi connectivity index (χ0v) is 23.5. The maximum atomic E-state index is 6.39. The molecule has 0 aliphatic carbocycles. The van der Waals surface area contributed by atoms with Crippen LogP contribution in [0.5, 0.6) is 11.5 Å². The molecule has 0 atom stereocenters. The molecule has 0 radical (unpaired) electrons. The molecule has 0 bridgehead atoms. The lowest BCUT2D eigenvalue weighted by molar-refractivity contribution is 0.477. The van der Waals surface area contributed by atoms with Crippen LogP contribution in [0.3, 0.4) is 0 Å². The van der Waals surface area contributed by atoms with Crippen LogP contribution in [-0.4, -0.2) is 4.57 Å². The number of aromatic nitrogens is 1. The van der Waals surface area contributed by atoms with Crippen LogP contribution in [-0.2, 0) is 5.41 Å². The summed E-state index contributed by atoms with van der Waals surface area (Å²) in [5.41, 5.74) is 12.0. The van der Waals surface area contributed by atoms with E-state index in [2.05, 4.69) is 145 Å². The van der Waals surface area contributed by atoms with Crippen molar-refractivity contribution in [3.8, 4) is 28.3 Å². The predicted octanol–water partition coefficient (Wildman–Crippen LogP) is 10.7. The topological polar surface area (TPSA) is 17.4 Å². The van der Waals surface area contributed by atoms with Crippen molar-refractivity contribution in [2.24, 2.45) is 0 Å². The Labute approximate surface area is 244 Å². The number of ether oxygens (including phenoxy) is 1. The summed E-state index contributed by atoms with van der Waals surface area (Å²) in [6.45, 7) is 4.69. The molecule has 200 valence electrons. The number of para-hydroxylation sites is 5. The molecule has 0 spiro atoms. The Bertz CT molecular complexity index is 2210. The molecular formula is C39H28N2O. The van der Waals surface area contributed by atoms with Gasteiger partial charge in [-0.05, 0) is 76.9 Å². The summed E-state index contributed by atoms with van der Waals surface area (Å²) in [6.07, 6.45) is 0. The standard InChI is InChI=1S/C39H28N2O/c1-39(2)30-14-6-7-16-33(30)41-32-21-19-25(23-29(32)28-13-10-15-31(39)38(28)41)26-20-22-37-35(24-26)40(27-11-4-3-5-12-27)34-17-8-9-18-36(34)42-37/h3-24H,1-2H3. The Morgan fingerprint density at radius 1 is 0.524 bits per heavy atom. The summed E-state index contributed by atoms with van der Waals surface area (Å²) in [5.74, 6) is 1.72. The second-order valence-corrected chi connectivity index (χ2v) is 11.8. The molecule has 0 N–H and O–H groups in total. The molecule has 0 fully saturated rings. The van der Waals surface area contributed by atoms with Crippen molar-refractivity contribution in [2.75, 3.05) is 4.90 Å². The summed E-state index contributed by atoms with van der Waals surface area (Å²) in [4.78, 5) is 2.30. The van der Waals surface area contributed by atoms with Gasteiger partial charge in [-0.25, -0.2) is 0 Å². The van der Waals surface area contributed by atoms with Crippen LogP contribution in [0.15, 0.2) is 133 Å². The van der Waals surface area contributed by atoms with E-state index in [-0.39, 0.29) is 5.41 Å². The molecule has 0 unspecified atom stereocenters. The highest BCUT2D eigenvalue weighted by atomic mass is 16.5. The van der Waals surface area contributed by atoms with E-state index in [9.17, 15) is 0 Å². The Balaban J connectivity index is 1.26. The maximum absolute atomic E-state index is 6.39. The van der Waals surface area contributed by atoms with Crippen molar-refractivity contribution in [2.45, 2.75) is 19.3 Å². The highest BCUT2D eigenvalue weighted by Gasteiger charge is 2.35. The zero-order chi connectivity index (χ0) is 28.0. The van der Waals surface area contributed by atoms with Crippen molar-refractivity contribution in [1.29, 1.82) is 0 Å². The first-order chi connectivity index (χ1) is 20.6. The lowest BCUT2D eigenvalue weighted by Gasteiger charge is -2.34. The molecule has 6 aromatic carbocycles. The molecule has 1 aromatic heterocycles. The van der Waals surface area contributed by atoms with Gasteiger partial charge in [-0.1, -0.05) is 92.7 Å². The Morgan fingerprint density at radius 3 is 2.10 bits per heavy atom. The number of benzene rings is 6. The van der Waals surface area contributed by atoms with Crippen LogP contribution in [0.1, 0.15) is 25.0 Å². The third kappa shape index (κ3) is 3.11. The minimum atomic E-state index is -0.0704. The van der Waals surface area contributed by atoms with Crippen LogP contribution in [0.2, 0.25) is 0 Å². The quantitative estimate of drug-likeness (QED) is 0.217. The van der Waals surface area contributed by atoms with Gasteiger partial charge in [-0.15, -0.1) is 0 Å². The Morgan fingerprint density at radius 2 is 1.21 bits per heavy atom. The molecular weight excluding hydrogens is 512 g/mol. The fourth-order valence-corrected chi connectivity index (χ4v) is 7.13. The first-order valence-electron chi connectivity index (χ1n) is 14.5. The summed E-state index contributed by atoms with van der Waals surface area (Å²) >= 11 is 0. The average molecular weight is 541 g/mol. The number of hydrogen-bond donors (Lipinski definition) is 0. The van der Waals surface area contributed by atoms with E-state index < -0.39 is 0 Å². The smallest absolute Gasteiger partial charge is 0.151 e. The fraction of sp³-hybridized carbons (Fsp3) is 0.0769. The van der Waals surface area contributed by atoms with Crippen molar-refractivity contribution in [3.63, 3.8) is 0 Å². The van der Waals surface area contributed by atoms with E-state index in [1.54, 1.807) is 0 Å². The normalized spacial score (nSPS) is 14.3. The first-order valence-corrected chi connectivity index (χ1v) is 14.5. The largest absolute Gasteiger partial charge is 0.453 e. The molecule has 0 amide bonds. The molecule has 3 nitrogen and oxygen atoms in total. The molecule has 2 aliphatic rings. The number of nitrogens with zero attached hydrogens (tertiary/aromatic N) is 2. The number of rotatable bonds is 2. The minimum Gasteiger partial charge on any atom is -0.453 e. The van der Waals surface area contributed by atoms with Gasteiger partial charge in [0.15, 0.2) is 11.5 Å². The molecule has 3 heteroatoms. The molecule has 3 heterocycles. The molecule has 42 heavy (non-hydrogen) atoms. The van der Waals surface area contributed by atoms with Crippen LogP contribution in [0.25, 0.3) is 38.6 Å². The van der Waals surface area contributed by atoms with Crippen LogP contribution in [0.4, 0.5) is 17.1 Å².